The van der Waals surface area contributed by atoms with Crippen molar-refractivity contribution in [3.8, 4) is 0 Å². The highest BCUT2D eigenvalue weighted by molar-refractivity contribution is 6.99. The summed E-state index contributed by atoms with van der Waals surface area (Å²) in [7, 11) is -2.64. The molecule has 0 aliphatic carbocycles. The Kier molecular flexibility index (Phi) is 7.20. The average molecular weight is 492 g/mol. The molecule has 0 radical (unpaired) electrons. The summed E-state index contributed by atoms with van der Waals surface area (Å²) in [6.07, 6.45) is 1.11. The molecular formula is C26H33N5O3Si. The second-order valence-electron chi connectivity index (χ2n) is 9.89. The number of aromatic amines is 2. The standard InChI is InChI=1S/C26H33N5O3Si/c1-26(2,3)35(19-10-6-4-7-11-19,20-12-8-5-9-13-20)34-15-14-18(17-32)16-21-28-22-23(29-21)30-25(27)31-24(22)33/h4-13,18,32H,14-17H2,1-3H3,(H4,27,28,29,30,31,33). The molecule has 0 fully saturated rings. The van der Waals surface area contributed by atoms with Crippen LogP contribution in [0.1, 0.15) is 33.0 Å². The first-order chi connectivity index (χ1) is 16.7. The van der Waals surface area contributed by atoms with Crippen LogP contribution in [0.2, 0.25) is 5.04 Å². The molecule has 0 aliphatic heterocycles. The zero-order chi connectivity index (χ0) is 25.1. The molecule has 0 aliphatic rings. The molecule has 5 N–H and O–H groups in total. The number of nitrogen functional groups attached to an aromatic ring is 1. The van der Waals surface area contributed by atoms with Crippen LogP contribution in [0.15, 0.2) is 65.5 Å². The Morgan fingerprint density at radius 1 is 1.00 bits per heavy atom. The fourth-order valence-electron chi connectivity index (χ4n) is 4.74. The van der Waals surface area contributed by atoms with Gasteiger partial charge in [0.25, 0.3) is 13.9 Å². The van der Waals surface area contributed by atoms with Crippen LogP contribution in [-0.4, -0.2) is 46.6 Å². The van der Waals surface area contributed by atoms with Gasteiger partial charge >= 0.3 is 0 Å². The van der Waals surface area contributed by atoms with Crippen molar-refractivity contribution in [1.29, 1.82) is 0 Å². The Morgan fingerprint density at radius 3 is 2.14 bits per heavy atom. The van der Waals surface area contributed by atoms with Crippen molar-refractivity contribution in [1.82, 2.24) is 19.9 Å². The molecule has 2 heterocycles. The second-order valence-corrected chi connectivity index (χ2v) is 14.2. The summed E-state index contributed by atoms with van der Waals surface area (Å²) < 4.78 is 6.94. The summed E-state index contributed by atoms with van der Waals surface area (Å²) in [4.78, 5) is 26.1. The van der Waals surface area contributed by atoms with Crippen molar-refractivity contribution in [2.45, 2.75) is 38.7 Å². The molecule has 9 heteroatoms. The van der Waals surface area contributed by atoms with E-state index in [-0.39, 0.29) is 40.2 Å². The molecule has 184 valence electrons. The normalized spacial score (nSPS) is 13.3. The number of anilines is 1. The van der Waals surface area contributed by atoms with E-state index in [1.807, 2.05) is 12.1 Å². The number of nitrogens with one attached hydrogen (secondary N) is 2. The van der Waals surface area contributed by atoms with E-state index < -0.39 is 8.32 Å². The van der Waals surface area contributed by atoms with E-state index in [0.717, 1.165) is 0 Å². The molecule has 2 aromatic heterocycles. The summed E-state index contributed by atoms with van der Waals surface area (Å²) in [6, 6.07) is 21.0. The minimum absolute atomic E-state index is 0.0208. The fourth-order valence-corrected chi connectivity index (χ4v) is 9.32. The number of imidazole rings is 1. The Balaban J connectivity index is 1.57. The largest absolute Gasteiger partial charge is 0.407 e. The third kappa shape index (κ3) is 5.07. The molecular weight excluding hydrogens is 458 g/mol. The lowest BCUT2D eigenvalue weighted by Gasteiger charge is -2.43. The van der Waals surface area contributed by atoms with Crippen molar-refractivity contribution in [3.63, 3.8) is 0 Å². The first-order valence-corrected chi connectivity index (χ1v) is 13.8. The number of H-pyrrole nitrogens is 2. The van der Waals surface area contributed by atoms with E-state index in [0.29, 0.717) is 25.3 Å². The predicted molar refractivity (Wildman–Crippen MR) is 141 cm³/mol. The van der Waals surface area contributed by atoms with Crippen LogP contribution >= 0.6 is 0 Å². The molecule has 0 bridgehead atoms. The van der Waals surface area contributed by atoms with Crippen LogP contribution in [0.4, 0.5) is 5.95 Å². The molecule has 0 amide bonds. The number of aromatic nitrogens is 4. The van der Waals surface area contributed by atoms with Crippen molar-refractivity contribution >= 4 is 35.8 Å². The van der Waals surface area contributed by atoms with Gasteiger partial charge in [-0.25, -0.2) is 4.98 Å². The van der Waals surface area contributed by atoms with Crippen molar-refractivity contribution < 1.29 is 9.53 Å². The third-order valence-corrected chi connectivity index (χ3v) is 11.5. The van der Waals surface area contributed by atoms with Crippen molar-refractivity contribution in [3.05, 3.63) is 76.8 Å². The number of hydrogen-bond acceptors (Lipinski definition) is 6. The molecule has 8 nitrogen and oxygen atoms in total. The number of nitrogens with two attached hydrogens (primary N) is 1. The third-order valence-electron chi connectivity index (χ3n) is 6.43. The molecule has 4 aromatic rings. The number of benzene rings is 2. The molecule has 1 unspecified atom stereocenters. The quantitative estimate of drug-likeness (QED) is 0.266. The second kappa shape index (κ2) is 10.1. The number of rotatable bonds is 9. The summed E-state index contributed by atoms with van der Waals surface area (Å²) >= 11 is 0. The number of fused-ring (bicyclic) bond motifs is 1. The summed E-state index contributed by atoms with van der Waals surface area (Å²) in [6.45, 7) is 7.20. The van der Waals surface area contributed by atoms with Gasteiger partial charge < -0.3 is 20.3 Å². The topological polar surface area (TPSA) is 130 Å². The minimum Gasteiger partial charge on any atom is -0.407 e. The average Bonchev–Trinajstić information content (AvgIpc) is 3.24. The van der Waals surface area contributed by atoms with Gasteiger partial charge in [-0.2, -0.15) is 4.98 Å². The maximum absolute atomic E-state index is 12.1. The van der Waals surface area contributed by atoms with Crippen LogP contribution in [0, 0.1) is 5.92 Å². The Morgan fingerprint density at radius 2 is 1.60 bits per heavy atom. The molecule has 0 saturated heterocycles. The van der Waals surface area contributed by atoms with Gasteiger partial charge in [-0.3, -0.25) is 9.78 Å². The molecule has 0 spiro atoms. The van der Waals surface area contributed by atoms with Gasteiger partial charge in [-0.15, -0.1) is 0 Å². The SMILES string of the molecule is CC(C)(C)[Si](OCCC(CO)Cc1nc2nc(N)[nH]c(=O)c2[nH]1)(c1ccccc1)c1ccccc1. The molecule has 0 saturated carbocycles. The van der Waals surface area contributed by atoms with E-state index >= 15 is 0 Å². The Labute approximate surface area is 205 Å². The van der Waals surface area contributed by atoms with Crippen molar-refractivity contribution in [2.24, 2.45) is 5.92 Å². The highest BCUT2D eigenvalue weighted by Crippen LogP contribution is 2.37. The summed E-state index contributed by atoms with van der Waals surface area (Å²) in [5.41, 5.74) is 5.83. The zero-order valence-corrected chi connectivity index (χ0v) is 21.4. The zero-order valence-electron chi connectivity index (χ0n) is 20.4. The van der Waals surface area contributed by atoms with Gasteiger partial charge in [0.1, 0.15) is 5.82 Å². The molecule has 4 rings (SSSR count). The maximum atomic E-state index is 12.1. The highest BCUT2D eigenvalue weighted by Gasteiger charge is 2.50. The van der Waals surface area contributed by atoms with Crippen molar-refractivity contribution in [2.75, 3.05) is 18.9 Å². The van der Waals surface area contributed by atoms with Crippen LogP contribution in [-0.2, 0) is 10.8 Å². The van der Waals surface area contributed by atoms with Gasteiger partial charge in [0.05, 0.1) is 0 Å². The van der Waals surface area contributed by atoms with Gasteiger partial charge in [0.2, 0.25) is 5.95 Å². The van der Waals surface area contributed by atoms with Crippen LogP contribution in [0.5, 0.6) is 0 Å². The number of aliphatic hydroxyl groups excluding tert-OH is 1. The van der Waals surface area contributed by atoms with Crippen LogP contribution < -0.4 is 21.7 Å². The molecule has 2 aromatic carbocycles. The van der Waals surface area contributed by atoms with E-state index in [9.17, 15) is 9.90 Å². The molecule has 35 heavy (non-hydrogen) atoms. The highest BCUT2D eigenvalue weighted by atomic mass is 28.4. The van der Waals surface area contributed by atoms with Gasteiger partial charge in [-0.05, 0) is 27.8 Å². The predicted octanol–water partition coefficient (Wildman–Crippen LogP) is 2.35. The smallest absolute Gasteiger partial charge is 0.278 e. The Bertz CT molecular complexity index is 1280. The monoisotopic (exact) mass is 491 g/mol. The van der Waals surface area contributed by atoms with Crippen LogP contribution in [0.25, 0.3) is 11.2 Å². The van der Waals surface area contributed by atoms with E-state index in [1.165, 1.54) is 10.4 Å². The summed E-state index contributed by atoms with van der Waals surface area (Å²) in [5.74, 6) is 0.524. The van der Waals surface area contributed by atoms with Gasteiger partial charge in [0.15, 0.2) is 11.2 Å². The van der Waals surface area contributed by atoms with E-state index in [2.05, 4.69) is 89.2 Å². The van der Waals surface area contributed by atoms with Gasteiger partial charge in [-0.1, -0.05) is 81.4 Å². The first kappa shape index (κ1) is 24.8. The summed E-state index contributed by atoms with van der Waals surface area (Å²) in [5, 5.41) is 12.4. The maximum Gasteiger partial charge on any atom is 0.278 e. The number of nitrogens with zero attached hydrogens (tertiary/aromatic N) is 2. The lowest BCUT2D eigenvalue weighted by molar-refractivity contribution is 0.185. The number of hydrogen-bond donors (Lipinski definition) is 4. The Hall–Kier alpha value is -3.27. The molecule has 1 atom stereocenters. The van der Waals surface area contributed by atoms with Gasteiger partial charge in [0, 0.05) is 19.6 Å². The van der Waals surface area contributed by atoms with Crippen LogP contribution in [0.3, 0.4) is 0 Å². The number of aliphatic hydroxyl groups is 1. The van der Waals surface area contributed by atoms with E-state index in [4.69, 9.17) is 10.2 Å². The minimum atomic E-state index is -2.64. The lowest BCUT2D eigenvalue weighted by Crippen LogP contribution is -2.66. The lowest BCUT2D eigenvalue weighted by atomic mass is 10.0. The van der Waals surface area contributed by atoms with E-state index in [1.54, 1.807) is 0 Å². The fraction of sp³-hybridized carbons (Fsp3) is 0.346. The first-order valence-electron chi connectivity index (χ1n) is 11.8.